The Labute approximate surface area is 141 Å². The van der Waals surface area contributed by atoms with Crippen molar-refractivity contribution in [2.45, 2.75) is 0 Å². The molecule has 5 aromatic rings. The molecule has 4 aromatic carbocycles. The highest BCUT2D eigenvalue weighted by Gasteiger charge is 2.06. The lowest BCUT2D eigenvalue weighted by molar-refractivity contribution is 1.33. The summed E-state index contributed by atoms with van der Waals surface area (Å²) in [7, 11) is 0. The monoisotopic (exact) mass is 307 g/mol. The largest absolute Gasteiger partial charge is 0.265 e. The van der Waals surface area contributed by atoms with Crippen LogP contribution in [-0.2, 0) is 0 Å². The fourth-order valence-corrected chi connectivity index (χ4v) is 3.17. The Balaban J connectivity index is 0.000000207. The van der Waals surface area contributed by atoms with Gasteiger partial charge in [-0.05, 0) is 44.5 Å². The van der Waals surface area contributed by atoms with Gasteiger partial charge in [-0.15, -0.1) is 0 Å². The molecule has 0 aliphatic heterocycles. The number of rotatable bonds is 0. The summed E-state index contributed by atoms with van der Waals surface area (Å²) < 4.78 is 0. The van der Waals surface area contributed by atoms with E-state index in [2.05, 4.69) is 77.8 Å². The van der Waals surface area contributed by atoms with Crippen LogP contribution in [0.4, 0.5) is 0 Å². The van der Waals surface area contributed by atoms with Crippen molar-refractivity contribution >= 4 is 32.3 Å². The van der Waals surface area contributed by atoms with Crippen LogP contribution in [-0.4, -0.2) is 4.98 Å². The molecule has 0 N–H and O–H groups in total. The van der Waals surface area contributed by atoms with Gasteiger partial charge >= 0.3 is 0 Å². The van der Waals surface area contributed by atoms with Crippen molar-refractivity contribution < 1.29 is 0 Å². The zero-order valence-electron chi connectivity index (χ0n) is 13.3. The second-order valence-electron chi connectivity index (χ2n) is 5.66. The highest BCUT2D eigenvalue weighted by atomic mass is 14.6. The van der Waals surface area contributed by atoms with E-state index < -0.39 is 0 Å². The summed E-state index contributed by atoms with van der Waals surface area (Å²) in [6.07, 6.45) is 3.50. The minimum atomic E-state index is 1.34. The number of aromatic nitrogens is 1. The second-order valence-corrected chi connectivity index (χ2v) is 5.66. The van der Waals surface area contributed by atoms with Crippen molar-refractivity contribution in [3.05, 3.63) is 103 Å². The predicted molar refractivity (Wildman–Crippen MR) is 103 cm³/mol. The van der Waals surface area contributed by atoms with Gasteiger partial charge in [0.2, 0.25) is 0 Å². The number of hydrogen-bond donors (Lipinski definition) is 0. The molecule has 0 spiro atoms. The van der Waals surface area contributed by atoms with Gasteiger partial charge in [-0.25, -0.2) is 0 Å². The third-order valence-corrected chi connectivity index (χ3v) is 4.22. The van der Waals surface area contributed by atoms with Crippen LogP contribution in [0, 0.1) is 0 Å². The maximum Gasteiger partial charge on any atom is 0.0267 e. The quantitative estimate of drug-likeness (QED) is 0.309. The topological polar surface area (TPSA) is 12.9 Å². The zero-order valence-corrected chi connectivity index (χ0v) is 13.3. The molecule has 0 fully saturated rings. The number of pyridine rings is 1. The Morgan fingerprint density at radius 2 is 0.625 bits per heavy atom. The SMILES string of the molecule is c1ccc2c(c1)c1ccccc1c1ccccc21.c1ccncc1. The molecule has 1 nitrogen and oxygen atoms in total. The molecule has 0 radical (unpaired) electrons. The normalized spacial score (nSPS) is 10.5. The molecule has 0 atom stereocenters. The molecular formula is C23H17N. The summed E-state index contributed by atoms with van der Waals surface area (Å²) in [5, 5.41) is 8.04. The van der Waals surface area contributed by atoms with E-state index in [-0.39, 0.29) is 0 Å². The molecule has 1 heterocycles. The first-order valence-electron chi connectivity index (χ1n) is 8.08. The van der Waals surface area contributed by atoms with Gasteiger partial charge in [0.15, 0.2) is 0 Å². The summed E-state index contributed by atoms with van der Waals surface area (Å²) in [6.45, 7) is 0. The summed E-state index contributed by atoms with van der Waals surface area (Å²) in [5.74, 6) is 0. The first-order chi connectivity index (χ1) is 11.9. The predicted octanol–water partition coefficient (Wildman–Crippen LogP) is 6.23. The van der Waals surface area contributed by atoms with E-state index in [0.717, 1.165) is 0 Å². The van der Waals surface area contributed by atoms with Crippen molar-refractivity contribution in [3.63, 3.8) is 0 Å². The van der Waals surface area contributed by atoms with Crippen LogP contribution in [0.25, 0.3) is 32.3 Å². The lowest BCUT2D eigenvalue weighted by Gasteiger charge is -2.09. The van der Waals surface area contributed by atoms with Crippen molar-refractivity contribution in [3.8, 4) is 0 Å². The van der Waals surface area contributed by atoms with Gasteiger partial charge in [0.1, 0.15) is 0 Å². The van der Waals surface area contributed by atoms with E-state index in [4.69, 9.17) is 0 Å². The average Bonchev–Trinajstić information content (AvgIpc) is 2.70. The fourth-order valence-electron chi connectivity index (χ4n) is 3.17. The van der Waals surface area contributed by atoms with Crippen molar-refractivity contribution in [1.29, 1.82) is 0 Å². The lowest BCUT2D eigenvalue weighted by atomic mass is 9.95. The zero-order chi connectivity index (χ0) is 16.2. The fraction of sp³-hybridized carbons (Fsp3) is 0. The summed E-state index contributed by atoms with van der Waals surface area (Å²) in [4.78, 5) is 3.78. The Bertz CT molecular complexity index is 851. The molecule has 0 saturated carbocycles. The lowest BCUT2D eigenvalue weighted by Crippen LogP contribution is -1.81. The molecule has 0 aliphatic carbocycles. The van der Waals surface area contributed by atoms with Gasteiger partial charge in [-0.1, -0.05) is 78.9 Å². The van der Waals surface area contributed by atoms with E-state index in [9.17, 15) is 0 Å². The third kappa shape index (κ3) is 2.61. The highest BCUT2D eigenvalue weighted by Crippen LogP contribution is 2.34. The van der Waals surface area contributed by atoms with Gasteiger partial charge in [0.25, 0.3) is 0 Å². The number of hydrogen-bond acceptors (Lipinski definition) is 1. The second kappa shape index (κ2) is 6.51. The van der Waals surface area contributed by atoms with Crippen LogP contribution in [0.5, 0.6) is 0 Å². The maximum atomic E-state index is 3.78. The minimum absolute atomic E-state index is 1.34. The van der Waals surface area contributed by atoms with Crippen molar-refractivity contribution in [1.82, 2.24) is 4.98 Å². The Morgan fingerprint density at radius 1 is 0.333 bits per heavy atom. The molecular weight excluding hydrogens is 290 g/mol. The molecule has 24 heavy (non-hydrogen) atoms. The summed E-state index contributed by atoms with van der Waals surface area (Å²) in [5.41, 5.74) is 0. The average molecular weight is 307 g/mol. The van der Waals surface area contributed by atoms with Gasteiger partial charge in [-0.3, -0.25) is 4.98 Å². The smallest absolute Gasteiger partial charge is 0.0267 e. The molecule has 0 bridgehead atoms. The molecule has 1 heteroatoms. The molecule has 114 valence electrons. The van der Waals surface area contributed by atoms with E-state index in [0.29, 0.717) is 0 Å². The molecule has 0 aliphatic rings. The van der Waals surface area contributed by atoms with E-state index >= 15 is 0 Å². The van der Waals surface area contributed by atoms with Crippen LogP contribution in [0.15, 0.2) is 103 Å². The first-order valence-corrected chi connectivity index (χ1v) is 8.08. The van der Waals surface area contributed by atoms with Crippen molar-refractivity contribution in [2.24, 2.45) is 0 Å². The van der Waals surface area contributed by atoms with E-state index in [1.165, 1.54) is 32.3 Å². The molecule has 0 amide bonds. The Hall–Kier alpha value is -3.19. The first kappa shape index (κ1) is 14.4. The molecule has 0 unspecified atom stereocenters. The highest BCUT2D eigenvalue weighted by molar-refractivity contribution is 6.25. The number of nitrogens with zero attached hydrogens (tertiary/aromatic N) is 1. The number of fused-ring (bicyclic) bond motifs is 6. The van der Waals surface area contributed by atoms with Gasteiger partial charge < -0.3 is 0 Å². The van der Waals surface area contributed by atoms with E-state index in [1.807, 2.05) is 18.2 Å². The number of benzene rings is 4. The molecule has 5 rings (SSSR count). The van der Waals surface area contributed by atoms with Crippen molar-refractivity contribution in [2.75, 3.05) is 0 Å². The van der Waals surface area contributed by atoms with Crippen LogP contribution in [0.2, 0.25) is 0 Å². The standard InChI is InChI=1S/C18H12.C5H5N/c1-2-8-14-13(7-1)15-9-3-4-11-17(15)18-12-6-5-10-16(14)18;1-2-4-6-5-3-1/h1-12H;1-5H. The Kier molecular flexibility index (Phi) is 3.91. The van der Waals surface area contributed by atoms with Crippen LogP contribution in [0.3, 0.4) is 0 Å². The van der Waals surface area contributed by atoms with E-state index in [1.54, 1.807) is 12.4 Å². The summed E-state index contributed by atoms with van der Waals surface area (Å²) in [6, 6.07) is 31.7. The maximum absolute atomic E-state index is 3.78. The minimum Gasteiger partial charge on any atom is -0.265 e. The third-order valence-electron chi connectivity index (χ3n) is 4.22. The van der Waals surface area contributed by atoms with Gasteiger partial charge in [-0.2, -0.15) is 0 Å². The Morgan fingerprint density at radius 3 is 0.792 bits per heavy atom. The van der Waals surface area contributed by atoms with Crippen LogP contribution >= 0.6 is 0 Å². The molecule has 1 aromatic heterocycles. The summed E-state index contributed by atoms with van der Waals surface area (Å²) >= 11 is 0. The van der Waals surface area contributed by atoms with Gasteiger partial charge in [0, 0.05) is 12.4 Å². The molecule has 0 saturated heterocycles. The van der Waals surface area contributed by atoms with Crippen LogP contribution in [0.1, 0.15) is 0 Å². The van der Waals surface area contributed by atoms with Crippen LogP contribution < -0.4 is 0 Å². The van der Waals surface area contributed by atoms with Gasteiger partial charge in [0.05, 0.1) is 0 Å².